The van der Waals surface area contributed by atoms with E-state index in [1.807, 2.05) is 13.8 Å². The van der Waals surface area contributed by atoms with Crippen LogP contribution in [0.4, 0.5) is 0 Å². The number of piperidine rings is 1. The molecule has 3 N–H and O–H groups in total. The second-order valence-corrected chi connectivity index (χ2v) is 6.99. The minimum atomic E-state index is -0.238. The molecule has 1 amide bonds. The molecule has 19 heavy (non-hydrogen) atoms. The summed E-state index contributed by atoms with van der Waals surface area (Å²) in [5.41, 5.74) is -0.238. The van der Waals surface area contributed by atoms with Gasteiger partial charge in [-0.3, -0.25) is 4.79 Å². The zero-order valence-electron chi connectivity index (χ0n) is 12.2. The lowest BCUT2D eigenvalue weighted by Crippen LogP contribution is -2.55. The van der Waals surface area contributed by atoms with Gasteiger partial charge >= 0.3 is 0 Å². The second kappa shape index (κ2) is 6.23. The van der Waals surface area contributed by atoms with Crippen LogP contribution in [0.5, 0.6) is 0 Å². The predicted octanol–water partition coefficient (Wildman–Crippen LogP) is 1.43. The van der Waals surface area contributed by atoms with Crippen LogP contribution in [0.2, 0.25) is 0 Å². The zero-order chi connectivity index (χ0) is 13.9. The summed E-state index contributed by atoms with van der Waals surface area (Å²) in [5.74, 6) is 0.886. The van der Waals surface area contributed by atoms with Crippen LogP contribution in [-0.4, -0.2) is 36.2 Å². The fourth-order valence-electron chi connectivity index (χ4n) is 3.21. The van der Waals surface area contributed by atoms with Crippen molar-refractivity contribution in [3.8, 4) is 0 Å². The number of rotatable bonds is 4. The first-order valence-electron chi connectivity index (χ1n) is 7.66. The third kappa shape index (κ3) is 3.93. The lowest BCUT2D eigenvalue weighted by Gasteiger charge is -2.40. The third-order valence-electron chi connectivity index (χ3n) is 4.64. The highest BCUT2D eigenvalue weighted by Crippen LogP contribution is 2.32. The predicted molar refractivity (Wildman–Crippen MR) is 75.8 cm³/mol. The number of hydrogen-bond donors (Lipinski definition) is 3. The highest BCUT2D eigenvalue weighted by atomic mass is 16.3. The van der Waals surface area contributed by atoms with Gasteiger partial charge in [-0.1, -0.05) is 26.7 Å². The summed E-state index contributed by atoms with van der Waals surface area (Å²) in [4.78, 5) is 12.2. The Hall–Kier alpha value is -0.610. The van der Waals surface area contributed by atoms with E-state index in [0.29, 0.717) is 12.6 Å². The van der Waals surface area contributed by atoms with Crippen molar-refractivity contribution in [3.63, 3.8) is 0 Å². The van der Waals surface area contributed by atoms with Crippen molar-refractivity contribution in [1.29, 1.82) is 0 Å². The van der Waals surface area contributed by atoms with Crippen molar-refractivity contribution in [1.82, 2.24) is 10.6 Å². The average molecular weight is 268 g/mol. The monoisotopic (exact) mass is 268 g/mol. The van der Waals surface area contributed by atoms with E-state index >= 15 is 0 Å². The molecule has 4 nitrogen and oxygen atoms in total. The molecule has 0 spiro atoms. The molecule has 2 aliphatic rings. The number of aliphatic hydroxyl groups is 1. The second-order valence-electron chi connectivity index (χ2n) is 6.99. The molecule has 2 rings (SSSR count). The SMILES string of the molecule is CC(C)(CO)CNC(=O)C1CCC2CCCCC2N1. The number of fused-ring (bicyclic) bond motifs is 1. The summed E-state index contributed by atoms with van der Waals surface area (Å²) in [6.45, 7) is 4.54. The maximum Gasteiger partial charge on any atom is 0.237 e. The van der Waals surface area contributed by atoms with Crippen LogP contribution >= 0.6 is 0 Å². The van der Waals surface area contributed by atoms with Gasteiger partial charge < -0.3 is 15.7 Å². The van der Waals surface area contributed by atoms with Gasteiger partial charge in [0.05, 0.1) is 6.04 Å². The van der Waals surface area contributed by atoms with Crippen molar-refractivity contribution in [2.45, 2.75) is 64.5 Å². The molecular formula is C15H28N2O2. The number of carbonyl (C=O) groups is 1. The van der Waals surface area contributed by atoms with E-state index in [0.717, 1.165) is 12.3 Å². The van der Waals surface area contributed by atoms with E-state index < -0.39 is 0 Å². The first-order chi connectivity index (χ1) is 9.02. The summed E-state index contributed by atoms with van der Waals surface area (Å²) >= 11 is 0. The van der Waals surface area contributed by atoms with E-state index in [4.69, 9.17) is 0 Å². The Morgan fingerprint density at radius 1 is 1.26 bits per heavy atom. The Morgan fingerprint density at radius 2 is 2.00 bits per heavy atom. The van der Waals surface area contributed by atoms with Crippen LogP contribution in [0.3, 0.4) is 0 Å². The Labute approximate surface area is 116 Å². The van der Waals surface area contributed by atoms with Gasteiger partial charge in [-0.05, 0) is 31.6 Å². The summed E-state index contributed by atoms with van der Waals surface area (Å²) in [7, 11) is 0. The molecular weight excluding hydrogens is 240 g/mol. The molecule has 0 aromatic heterocycles. The van der Waals surface area contributed by atoms with Crippen molar-refractivity contribution >= 4 is 5.91 Å². The first kappa shape index (κ1) is 14.8. The topological polar surface area (TPSA) is 61.4 Å². The van der Waals surface area contributed by atoms with Gasteiger partial charge in [0.15, 0.2) is 0 Å². The first-order valence-corrected chi connectivity index (χ1v) is 7.66. The number of carbonyl (C=O) groups excluding carboxylic acids is 1. The maximum absolute atomic E-state index is 12.2. The van der Waals surface area contributed by atoms with Gasteiger partial charge in [0.25, 0.3) is 0 Å². The normalized spacial score (nSPS) is 31.6. The van der Waals surface area contributed by atoms with Gasteiger partial charge in [-0.15, -0.1) is 0 Å². The van der Waals surface area contributed by atoms with Crippen LogP contribution in [0.1, 0.15) is 52.4 Å². The van der Waals surface area contributed by atoms with Crippen molar-refractivity contribution < 1.29 is 9.90 Å². The minimum Gasteiger partial charge on any atom is -0.396 e. The van der Waals surface area contributed by atoms with Crippen molar-refractivity contribution in [3.05, 3.63) is 0 Å². The largest absolute Gasteiger partial charge is 0.396 e. The standard InChI is InChI=1S/C15H28N2O2/c1-15(2,10-18)9-16-14(19)13-8-7-11-5-3-4-6-12(11)17-13/h11-13,17-18H,3-10H2,1-2H3,(H,16,19). The molecule has 0 aromatic rings. The van der Waals surface area contributed by atoms with E-state index in [1.165, 1.54) is 32.1 Å². The molecule has 1 saturated heterocycles. The van der Waals surface area contributed by atoms with Crippen molar-refractivity contribution in [2.75, 3.05) is 13.2 Å². The van der Waals surface area contributed by atoms with Crippen LogP contribution in [0, 0.1) is 11.3 Å². The Morgan fingerprint density at radius 3 is 2.74 bits per heavy atom. The lowest BCUT2D eigenvalue weighted by atomic mass is 9.77. The Balaban J connectivity index is 1.80. The van der Waals surface area contributed by atoms with E-state index in [-0.39, 0.29) is 24.0 Å². The number of hydrogen-bond acceptors (Lipinski definition) is 3. The Kier molecular flexibility index (Phi) is 4.85. The van der Waals surface area contributed by atoms with Gasteiger partial charge in [0.1, 0.15) is 0 Å². The number of aliphatic hydroxyl groups excluding tert-OH is 1. The smallest absolute Gasteiger partial charge is 0.237 e. The molecule has 3 atom stereocenters. The summed E-state index contributed by atoms with van der Waals surface area (Å²) in [5, 5.41) is 15.7. The van der Waals surface area contributed by atoms with E-state index in [9.17, 15) is 9.90 Å². The highest BCUT2D eigenvalue weighted by molar-refractivity contribution is 5.81. The summed E-state index contributed by atoms with van der Waals surface area (Å²) < 4.78 is 0. The van der Waals surface area contributed by atoms with Crippen LogP contribution < -0.4 is 10.6 Å². The van der Waals surface area contributed by atoms with Crippen LogP contribution in [-0.2, 0) is 4.79 Å². The lowest BCUT2D eigenvalue weighted by molar-refractivity contribution is -0.125. The zero-order valence-corrected chi connectivity index (χ0v) is 12.2. The van der Waals surface area contributed by atoms with Crippen LogP contribution in [0.25, 0.3) is 0 Å². The minimum absolute atomic E-state index is 0.0335. The number of amides is 1. The highest BCUT2D eigenvalue weighted by Gasteiger charge is 2.34. The number of nitrogens with one attached hydrogen (secondary N) is 2. The molecule has 2 fully saturated rings. The fraction of sp³-hybridized carbons (Fsp3) is 0.933. The van der Waals surface area contributed by atoms with Gasteiger partial charge in [-0.25, -0.2) is 0 Å². The quantitative estimate of drug-likeness (QED) is 0.723. The molecule has 1 heterocycles. The molecule has 0 aromatic carbocycles. The molecule has 1 aliphatic carbocycles. The summed E-state index contributed by atoms with van der Waals surface area (Å²) in [6, 6.07) is 0.512. The molecule has 0 bridgehead atoms. The fourth-order valence-corrected chi connectivity index (χ4v) is 3.21. The molecule has 3 unspecified atom stereocenters. The molecule has 0 radical (unpaired) electrons. The van der Waals surface area contributed by atoms with Gasteiger partial charge in [-0.2, -0.15) is 0 Å². The van der Waals surface area contributed by atoms with Gasteiger partial charge in [0, 0.05) is 24.6 Å². The molecule has 1 aliphatic heterocycles. The van der Waals surface area contributed by atoms with E-state index in [2.05, 4.69) is 10.6 Å². The molecule has 110 valence electrons. The summed E-state index contributed by atoms with van der Waals surface area (Å²) in [6.07, 6.45) is 7.32. The van der Waals surface area contributed by atoms with Gasteiger partial charge in [0.2, 0.25) is 5.91 Å². The maximum atomic E-state index is 12.2. The Bertz CT molecular complexity index is 317. The van der Waals surface area contributed by atoms with Crippen molar-refractivity contribution in [2.24, 2.45) is 11.3 Å². The third-order valence-corrected chi connectivity index (χ3v) is 4.64. The molecule has 1 saturated carbocycles. The average Bonchev–Trinajstić information content (AvgIpc) is 2.44. The van der Waals surface area contributed by atoms with Crippen LogP contribution in [0.15, 0.2) is 0 Å². The molecule has 4 heteroatoms. The van der Waals surface area contributed by atoms with E-state index in [1.54, 1.807) is 0 Å².